The summed E-state index contributed by atoms with van der Waals surface area (Å²) in [4.78, 5) is 28.5. The Kier molecular flexibility index (Phi) is 3.03. The number of esters is 1. The molecule has 0 aromatic carbocycles. The first-order valence-electron chi connectivity index (χ1n) is 2.45. The van der Waals surface area contributed by atoms with Gasteiger partial charge in [-0.1, -0.05) is 0 Å². The number of amides is 1. The van der Waals surface area contributed by atoms with Gasteiger partial charge in [0, 0.05) is 0 Å². The van der Waals surface area contributed by atoms with Gasteiger partial charge in [-0.05, 0) is 6.92 Å². The lowest BCUT2D eigenvalue weighted by Gasteiger charge is -1.91. The van der Waals surface area contributed by atoms with E-state index < -0.39 is 16.8 Å². The molecule has 6 nitrogen and oxygen atoms in total. The zero-order chi connectivity index (χ0) is 8.15. The van der Waals surface area contributed by atoms with Gasteiger partial charge in [0.15, 0.2) is 0 Å². The van der Waals surface area contributed by atoms with Crippen LogP contribution in [0.4, 0.5) is 0 Å². The Bertz CT molecular complexity index is 174. The molecule has 0 atom stereocenters. The quantitative estimate of drug-likeness (QED) is 0.213. The van der Waals surface area contributed by atoms with Gasteiger partial charge in [0.25, 0.3) is 0 Å². The number of carbonyl (C=O) groups excluding carboxylic acids is 2. The first-order chi connectivity index (χ1) is 4.59. The van der Waals surface area contributed by atoms with Crippen LogP contribution in [0.3, 0.4) is 0 Å². The third-order valence-corrected chi connectivity index (χ3v) is 0.616. The number of ether oxygens (including phenoxy) is 1. The number of nitrogens with zero attached hydrogens (tertiary/aromatic N) is 1. The fourth-order valence-electron chi connectivity index (χ4n) is 0.267. The maximum atomic E-state index is 10.2. The molecule has 0 N–H and O–H groups in total. The number of rotatable bonds is 1. The SMILES string of the molecule is CCOC(=O)C(=O)[N+](=O)[O-]. The summed E-state index contributed by atoms with van der Waals surface area (Å²) in [6, 6.07) is 0. The Balaban J connectivity index is 3.96. The Morgan fingerprint density at radius 1 is 1.60 bits per heavy atom. The minimum Gasteiger partial charge on any atom is -0.455 e. The van der Waals surface area contributed by atoms with E-state index in [0.717, 1.165) is 0 Å². The largest absolute Gasteiger partial charge is 0.554 e. The highest BCUT2D eigenvalue weighted by atomic mass is 16.6. The molecule has 0 saturated carbocycles. The van der Waals surface area contributed by atoms with E-state index in [1.165, 1.54) is 6.92 Å². The Hall–Kier alpha value is -1.46. The van der Waals surface area contributed by atoms with Gasteiger partial charge >= 0.3 is 11.9 Å². The van der Waals surface area contributed by atoms with Crippen molar-refractivity contribution in [2.75, 3.05) is 6.61 Å². The lowest BCUT2D eigenvalue weighted by Crippen LogP contribution is -2.24. The Morgan fingerprint density at radius 3 is 2.40 bits per heavy atom. The molecular weight excluding hydrogens is 142 g/mol. The maximum absolute atomic E-state index is 10.2. The Labute approximate surface area is 55.9 Å². The molecule has 10 heavy (non-hydrogen) atoms. The molecule has 0 heterocycles. The van der Waals surface area contributed by atoms with Crippen molar-refractivity contribution >= 4 is 11.9 Å². The molecule has 1 amide bonds. The summed E-state index contributed by atoms with van der Waals surface area (Å²) in [5, 5.41) is 9.57. The second-order valence-electron chi connectivity index (χ2n) is 1.28. The molecule has 0 radical (unpaired) electrons. The fraction of sp³-hybridized carbons (Fsp3) is 0.500. The van der Waals surface area contributed by atoms with E-state index in [2.05, 4.69) is 4.74 Å². The van der Waals surface area contributed by atoms with E-state index in [-0.39, 0.29) is 6.61 Å². The van der Waals surface area contributed by atoms with Crippen molar-refractivity contribution in [2.45, 2.75) is 6.92 Å². The van der Waals surface area contributed by atoms with Crippen molar-refractivity contribution in [3.05, 3.63) is 10.1 Å². The summed E-state index contributed by atoms with van der Waals surface area (Å²) in [6.07, 6.45) is 0. The van der Waals surface area contributed by atoms with Gasteiger partial charge in [-0.25, -0.2) is 9.59 Å². The summed E-state index contributed by atoms with van der Waals surface area (Å²) >= 11 is 0. The fourth-order valence-corrected chi connectivity index (χ4v) is 0.267. The zero-order valence-corrected chi connectivity index (χ0v) is 5.20. The molecule has 0 unspecified atom stereocenters. The van der Waals surface area contributed by atoms with Crippen LogP contribution < -0.4 is 0 Å². The molecule has 0 spiro atoms. The number of carbonyl (C=O) groups is 2. The molecular formula is C4H5NO5. The zero-order valence-electron chi connectivity index (χ0n) is 5.20. The van der Waals surface area contributed by atoms with E-state index in [1.807, 2.05) is 0 Å². The number of nitro groups is 1. The molecule has 0 fully saturated rings. The molecule has 56 valence electrons. The van der Waals surface area contributed by atoms with Crippen LogP contribution in [0.1, 0.15) is 6.92 Å². The van der Waals surface area contributed by atoms with E-state index in [9.17, 15) is 19.7 Å². The second kappa shape index (κ2) is 3.54. The van der Waals surface area contributed by atoms with Crippen LogP contribution in [0.5, 0.6) is 0 Å². The predicted molar refractivity (Wildman–Crippen MR) is 28.6 cm³/mol. The molecule has 0 saturated heterocycles. The second-order valence-corrected chi connectivity index (χ2v) is 1.28. The van der Waals surface area contributed by atoms with Gasteiger partial charge in [0.1, 0.15) is 4.92 Å². The smallest absolute Gasteiger partial charge is 0.455 e. The maximum Gasteiger partial charge on any atom is 0.554 e. The number of hydrogen-bond donors (Lipinski definition) is 0. The first-order valence-corrected chi connectivity index (χ1v) is 2.45. The van der Waals surface area contributed by atoms with Gasteiger partial charge in [-0.15, -0.1) is 0 Å². The van der Waals surface area contributed by atoms with Gasteiger partial charge in [-0.2, -0.15) is 0 Å². The van der Waals surface area contributed by atoms with Gasteiger partial charge in [0.2, 0.25) is 0 Å². The lowest BCUT2D eigenvalue weighted by atomic mass is 10.6. The molecule has 6 heteroatoms. The highest BCUT2D eigenvalue weighted by Crippen LogP contribution is 1.81. The average Bonchev–Trinajstić information content (AvgIpc) is 1.87. The van der Waals surface area contributed by atoms with Crippen molar-refractivity contribution < 1.29 is 19.2 Å². The van der Waals surface area contributed by atoms with Crippen molar-refractivity contribution in [3.63, 3.8) is 0 Å². The third kappa shape index (κ3) is 2.21. The van der Waals surface area contributed by atoms with E-state index in [4.69, 9.17) is 0 Å². The van der Waals surface area contributed by atoms with Gasteiger partial charge < -0.3 is 4.74 Å². The van der Waals surface area contributed by atoms with Gasteiger partial charge in [0.05, 0.1) is 6.61 Å². The van der Waals surface area contributed by atoms with Crippen molar-refractivity contribution in [1.82, 2.24) is 0 Å². The lowest BCUT2D eigenvalue weighted by molar-refractivity contribution is -0.398. The molecule has 0 aliphatic rings. The highest BCUT2D eigenvalue weighted by Gasteiger charge is 2.27. The molecule has 0 aromatic heterocycles. The van der Waals surface area contributed by atoms with Crippen LogP contribution in [0.15, 0.2) is 0 Å². The number of hydrogen-bond acceptors (Lipinski definition) is 5. The Morgan fingerprint density at radius 2 is 2.10 bits per heavy atom. The van der Waals surface area contributed by atoms with Crippen LogP contribution in [-0.4, -0.2) is 23.4 Å². The van der Waals surface area contributed by atoms with Crippen LogP contribution in [0.25, 0.3) is 0 Å². The summed E-state index contributed by atoms with van der Waals surface area (Å²) in [5.74, 6) is -3.16. The topological polar surface area (TPSA) is 86.5 Å². The predicted octanol–water partition coefficient (Wildman–Crippen LogP) is -0.647. The minimum absolute atomic E-state index is 0.0432. The van der Waals surface area contributed by atoms with Crippen LogP contribution >= 0.6 is 0 Å². The first kappa shape index (κ1) is 8.54. The standard InChI is InChI=1S/C4H5NO5/c1-2-10-4(7)3(6)5(8)9/h2H2,1H3. The summed E-state index contributed by atoms with van der Waals surface area (Å²) in [6.45, 7) is 1.41. The normalized spacial score (nSPS) is 8.50. The summed E-state index contributed by atoms with van der Waals surface area (Å²) in [5.41, 5.74) is 0. The van der Waals surface area contributed by atoms with Crippen LogP contribution in [0.2, 0.25) is 0 Å². The van der Waals surface area contributed by atoms with E-state index in [1.54, 1.807) is 0 Å². The van der Waals surface area contributed by atoms with E-state index >= 15 is 0 Å². The monoisotopic (exact) mass is 147 g/mol. The summed E-state index contributed by atoms with van der Waals surface area (Å²) in [7, 11) is 0. The molecule has 0 aromatic rings. The molecule has 0 aliphatic heterocycles. The molecule has 0 aliphatic carbocycles. The molecule has 0 rings (SSSR count). The average molecular weight is 147 g/mol. The van der Waals surface area contributed by atoms with Crippen molar-refractivity contribution in [2.24, 2.45) is 0 Å². The van der Waals surface area contributed by atoms with Gasteiger partial charge in [-0.3, -0.25) is 10.1 Å². The van der Waals surface area contributed by atoms with Crippen molar-refractivity contribution in [1.29, 1.82) is 0 Å². The minimum atomic E-state index is -1.73. The molecule has 0 bridgehead atoms. The van der Waals surface area contributed by atoms with Crippen LogP contribution in [0, 0.1) is 10.1 Å². The summed E-state index contributed by atoms with van der Waals surface area (Å²) < 4.78 is 4.03. The van der Waals surface area contributed by atoms with E-state index in [0.29, 0.717) is 0 Å². The van der Waals surface area contributed by atoms with Crippen molar-refractivity contribution in [3.8, 4) is 0 Å². The van der Waals surface area contributed by atoms with Crippen LogP contribution in [-0.2, 0) is 14.3 Å². The highest BCUT2D eigenvalue weighted by molar-refractivity contribution is 6.28. The third-order valence-electron chi connectivity index (χ3n) is 0.616.